The predicted octanol–water partition coefficient (Wildman–Crippen LogP) is 1.87. The highest BCUT2D eigenvalue weighted by molar-refractivity contribution is 6.18. The maximum Gasteiger partial charge on any atom is 0.216 e. The van der Waals surface area contributed by atoms with Crippen molar-refractivity contribution in [3.63, 3.8) is 0 Å². The molecule has 0 aliphatic carbocycles. The number of ether oxygens (including phenoxy) is 1. The molecule has 0 saturated heterocycles. The van der Waals surface area contributed by atoms with Crippen LogP contribution in [0, 0.1) is 0 Å². The van der Waals surface area contributed by atoms with Crippen molar-refractivity contribution in [3.05, 3.63) is 23.9 Å². The average Bonchev–Trinajstić information content (AvgIpc) is 2.06. The summed E-state index contributed by atoms with van der Waals surface area (Å²) in [6.45, 7) is 0. The number of aryl methyl sites for hydroxylation is 1. The van der Waals surface area contributed by atoms with E-state index in [2.05, 4.69) is 4.98 Å². The molecule has 0 spiro atoms. The SMILES string of the molecule is COc1ncccc1CCCl. The van der Waals surface area contributed by atoms with Gasteiger partial charge >= 0.3 is 0 Å². The van der Waals surface area contributed by atoms with Crippen LogP contribution >= 0.6 is 11.6 Å². The molecule has 0 unspecified atom stereocenters. The number of rotatable bonds is 3. The minimum Gasteiger partial charge on any atom is -0.481 e. The van der Waals surface area contributed by atoms with Crippen LogP contribution in [0.3, 0.4) is 0 Å². The van der Waals surface area contributed by atoms with Gasteiger partial charge in [0.2, 0.25) is 5.88 Å². The van der Waals surface area contributed by atoms with E-state index in [4.69, 9.17) is 16.3 Å². The third-order valence-electron chi connectivity index (χ3n) is 1.41. The van der Waals surface area contributed by atoms with Crippen molar-refractivity contribution in [2.45, 2.75) is 6.42 Å². The molecular weight excluding hydrogens is 162 g/mol. The number of hydrogen-bond donors (Lipinski definition) is 0. The van der Waals surface area contributed by atoms with E-state index in [9.17, 15) is 0 Å². The molecule has 1 aromatic heterocycles. The normalized spacial score (nSPS) is 9.64. The van der Waals surface area contributed by atoms with Crippen LogP contribution in [0.15, 0.2) is 18.3 Å². The van der Waals surface area contributed by atoms with Crippen molar-refractivity contribution in [2.24, 2.45) is 0 Å². The molecule has 0 amide bonds. The van der Waals surface area contributed by atoms with Crippen LogP contribution in [-0.2, 0) is 6.42 Å². The van der Waals surface area contributed by atoms with E-state index in [1.165, 1.54) is 0 Å². The van der Waals surface area contributed by atoms with Crippen molar-refractivity contribution >= 4 is 11.6 Å². The Kier molecular flexibility index (Phi) is 3.17. The Morgan fingerprint density at radius 1 is 1.64 bits per heavy atom. The molecule has 3 heteroatoms. The van der Waals surface area contributed by atoms with E-state index < -0.39 is 0 Å². The van der Waals surface area contributed by atoms with Crippen LogP contribution < -0.4 is 4.74 Å². The van der Waals surface area contributed by atoms with Gasteiger partial charge in [-0.15, -0.1) is 11.6 Å². The molecule has 0 fully saturated rings. The quantitative estimate of drug-likeness (QED) is 0.648. The van der Waals surface area contributed by atoms with Crippen LogP contribution in [0.2, 0.25) is 0 Å². The Bertz CT molecular complexity index is 227. The first-order valence-electron chi connectivity index (χ1n) is 3.42. The largest absolute Gasteiger partial charge is 0.481 e. The van der Waals surface area contributed by atoms with Gasteiger partial charge < -0.3 is 4.74 Å². The molecular formula is C8H10ClNO. The van der Waals surface area contributed by atoms with E-state index in [1.807, 2.05) is 12.1 Å². The van der Waals surface area contributed by atoms with Gasteiger partial charge in [0.1, 0.15) is 0 Å². The maximum atomic E-state index is 5.58. The Hall–Kier alpha value is -0.760. The molecule has 60 valence electrons. The zero-order valence-corrected chi connectivity index (χ0v) is 7.14. The fourth-order valence-electron chi connectivity index (χ4n) is 0.900. The van der Waals surface area contributed by atoms with Crippen LogP contribution in [0.1, 0.15) is 5.56 Å². The summed E-state index contributed by atoms with van der Waals surface area (Å²) in [6.07, 6.45) is 2.51. The van der Waals surface area contributed by atoms with E-state index in [0.29, 0.717) is 11.8 Å². The van der Waals surface area contributed by atoms with Gasteiger partial charge in [0.05, 0.1) is 7.11 Å². The maximum absolute atomic E-state index is 5.58. The van der Waals surface area contributed by atoms with Gasteiger partial charge in [-0.3, -0.25) is 0 Å². The van der Waals surface area contributed by atoms with Crippen molar-refractivity contribution in [3.8, 4) is 5.88 Å². The number of alkyl halides is 1. The second-order valence-corrected chi connectivity index (χ2v) is 2.49. The van der Waals surface area contributed by atoms with Crippen LogP contribution in [-0.4, -0.2) is 18.0 Å². The Balaban J connectivity index is 2.83. The molecule has 2 nitrogen and oxygen atoms in total. The van der Waals surface area contributed by atoms with Crippen molar-refractivity contribution in [2.75, 3.05) is 13.0 Å². The summed E-state index contributed by atoms with van der Waals surface area (Å²) in [5.74, 6) is 1.27. The summed E-state index contributed by atoms with van der Waals surface area (Å²) in [7, 11) is 1.61. The van der Waals surface area contributed by atoms with Gasteiger partial charge in [0.25, 0.3) is 0 Å². The monoisotopic (exact) mass is 171 g/mol. The minimum absolute atomic E-state index is 0.599. The first kappa shape index (κ1) is 8.34. The number of halogens is 1. The van der Waals surface area contributed by atoms with Gasteiger partial charge in [0, 0.05) is 17.6 Å². The van der Waals surface area contributed by atoms with Crippen molar-refractivity contribution in [1.29, 1.82) is 0 Å². The summed E-state index contributed by atoms with van der Waals surface area (Å²) in [5.41, 5.74) is 1.06. The molecule has 0 aliphatic heterocycles. The summed E-state index contributed by atoms with van der Waals surface area (Å²) in [4.78, 5) is 4.03. The number of aromatic nitrogens is 1. The molecule has 0 radical (unpaired) electrons. The molecule has 0 aliphatic rings. The fraction of sp³-hybridized carbons (Fsp3) is 0.375. The summed E-state index contributed by atoms with van der Waals surface area (Å²) >= 11 is 5.58. The number of hydrogen-bond acceptors (Lipinski definition) is 2. The number of pyridine rings is 1. The Labute approximate surface area is 71.2 Å². The van der Waals surface area contributed by atoms with E-state index in [1.54, 1.807) is 13.3 Å². The molecule has 11 heavy (non-hydrogen) atoms. The zero-order chi connectivity index (χ0) is 8.10. The average molecular weight is 172 g/mol. The first-order chi connectivity index (χ1) is 5.38. The summed E-state index contributed by atoms with van der Waals surface area (Å²) in [5, 5.41) is 0. The molecule has 1 aromatic rings. The molecule has 0 saturated carbocycles. The number of nitrogens with zero attached hydrogens (tertiary/aromatic N) is 1. The third kappa shape index (κ3) is 2.09. The van der Waals surface area contributed by atoms with Gasteiger partial charge in [-0.25, -0.2) is 4.98 Å². The first-order valence-corrected chi connectivity index (χ1v) is 3.95. The fourth-order valence-corrected chi connectivity index (χ4v) is 1.10. The topological polar surface area (TPSA) is 22.1 Å². The lowest BCUT2D eigenvalue weighted by Gasteiger charge is -2.03. The van der Waals surface area contributed by atoms with Crippen LogP contribution in [0.25, 0.3) is 0 Å². The Morgan fingerprint density at radius 2 is 2.45 bits per heavy atom. The van der Waals surface area contributed by atoms with E-state index >= 15 is 0 Å². The minimum atomic E-state index is 0.599. The summed E-state index contributed by atoms with van der Waals surface area (Å²) in [6, 6.07) is 3.85. The number of methoxy groups -OCH3 is 1. The lowest BCUT2D eigenvalue weighted by Crippen LogP contribution is -1.94. The highest BCUT2D eigenvalue weighted by atomic mass is 35.5. The molecule has 0 N–H and O–H groups in total. The molecule has 0 aromatic carbocycles. The van der Waals surface area contributed by atoms with Crippen LogP contribution in [0.4, 0.5) is 0 Å². The van der Waals surface area contributed by atoms with Crippen LogP contribution in [0.5, 0.6) is 5.88 Å². The second-order valence-electron chi connectivity index (χ2n) is 2.11. The molecule has 0 bridgehead atoms. The van der Waals surface area contributed by atoms with Gasteiger partial charge in [0.15, 0.2) is 0 Å². The van der Waals surface area contributed by atoms with Crippen molar-refractivity contribution in [1.82, 2.24) is 4.98 Å². The molecule has 1 heterocycles. The van der Waals surface area contributed by atoms with Gasteiger partial charge in [-0.05, 0) is 12.5 Å². The smallest absolute Gasteiger partial charge is 0.216 e. The van der Waals surface area contributed by atoms with E-state index in [-0.39, 0.29) is 0 Å². The predicted molar refractivity (Wildman–Crippen MR) is 45.2 cm³/mol. The standard InChI is InChI=1S/C8H10ClNO/c1-11-8-7(4-5-9)3-2-6-10-8/h2-3,6H,4-5H2,1H3. The summed E-state index contributed by atoms with van der Waals surface area (Å²) < 4.78 is 5.03. The van der Waals surface area contributed by atoms with Crippen molar-refractivity contribution < 1.29 is 4.74 Å². The molecule has 1 rings (SSSR count). The molecule has 0 atom stereocenters. The second kappa shape index (κ2) is 4.19. The lowest BCUT2D eigenvalue weighted by atomic mass is 10.2. The van der Waals surface area contributed by atoms with Gasteiger partial charge in [-0.1, -0.05) is 6.07 Å². The zero-order valence-electron chi connectivity index (χ0n) is 6.38. The van der Waals surface area contributed by atoms with Gasteiger partial charge in [-0.2, -0.15) is 0 Å². The highest BCUT2D eigenvalue weighted by Gasteiger charge is 2.00. The van der Waals surface area contributed by atoms with E-state index in [0.717, 1.165) is 12.0 Å². The highest BCUT2D eigenvalue weighted by Crippen LogP contribution is 2.13. The third-order valence-corrected chi connectivity index (χ3v) is 1.60. The lowest BCUT2D eigenvalue weighted by molar-refractivity contribution is 0.393. The Morgan fingerprint density at radius 3 is 3.09 bits per heavy atom.